The number of benzene rings is 1. The Kier molecular flexibility index (Phi) is 16.0. The Morgan fingerprint density at radius 2 is 1.53 bits per heavy atom. The van der Waals surface area contributed by atoms with Crippen molar-refractivity contribution in [1.82, 2.24) is 43.4 Å². The molecule has 2 aliphatic heterocycles. The fourth-order valence-corrected chi connectivity index (χ4v) is 13.1. The third-order valence-corrected chi connectivity index (χ3v) is 25.6. The molecule has 5 aromatic heterocycles. The van der Waals surface area contributed by atoms with E-state index >= 15 is 0 Å². The number of hydrogen-bond donors (Lipinski definition) is 4. The summed E-state index contributed by atoms with van der Waals surface area (Å²) in [6.45, 7) is 15.0. The molecule has 2 saturated heterocycles. The predicted octanol–water partition coefficient (Wildman–Crippen LogP) is 6.36. The molecule has 0 bridgehead atoms. The Bertz CT molecular complexity index is 3140. The number of amides is 1. The number of hydrogen-bond acceptors (Lipinski definition) is 19. The molecule has 4 N–H and O–H groups in total. The maximum absolute atomic E-state index is 13.5. The molecule has 0 radical (unpaired) electrons. The highest BCUT2D eigenvalue weighted by Crippen LogP contribution is 2.56. The van der Waals surface area contributed by atoms with E-state index in [9.17, 15) is 29.4 Å². The molecule has 73 heavy (non-hydrogen) atoms. The molecule has 1 aromatic carbocycles. The zero-order chi connectivity index (χ0) is 52.8. The highest BCUT2D eigenvalue weighted by atomic mass is 32.5. The largest absolute Gasteiger partial charge is 0.408 e. The van der Waals surface area contributed by atoms with E-state index in [4.69, 9.17) is 48.2 Å². The van der Waals surface area contributed by atoms with E-state index in [2.05, 4.69) is 56.0 Å². The molecule has 394 valence electrons. The summed E-state index contributed by atoms with van der Waals surface area (Å²) in [6.07, 6.45) is -2.15. The summed E-state index contributed by atoms with van der Waals surface area (Å²) in [4.78, 5) is 62.7. The van der Waals surface area contributed by atoms with Crippen molar-refractivity contribution < 1.29 is 55.8 Å². The number of ether oxygens (including phenoxy) is 2. The van der Waals surface area contributed by atoms with Crippen molar-refractivity contribution >= 4 is 83.2 Å². The molecule has 8 rings (SSSR count). The number of carbonyl (C=O) groups is 1. The van der Waals surface area contributed by atoms with Gasteiger partial charge in [0.15, 0.2) is 57.2 Å². The lowest BCUT2D eigenvalue weighted by Gasteiger charge is -2.41. The van der Waals surface area contributed by atoms with E-state index in [1.807, 2.05) is 53.0 Å². The van der Waals surface area contributed by atoms with Crippen LogP contribution in [0.5, 0.6) is 0 Å². The van der Waals surface area contributed by atoms with Crippen molar-refractivity contribution in [2.24, 2.45) is 0 Å². The zero-order valence-electron chi connectivity index (χ0n) is 42.0. The molecule has 1 amide bonds. The number of aromatic nitrogens is 9. The highest BCUT2D eigenvalue weighted by molar-refractivity contribution is 8.07. The van der Waals surface area contributed by atoms with E-state index in [-0.39, 0.29) is 57.0 Å². The Labute approximate surface area is 428 Å². The summed E-state index contributed by atoms with van der Waals surface area (Å²) < 4.78 is 70.1. The van der Waals surface area contributed by atoms with Crippen LogP contribution in [0.4, 0.5) is 5.82 Å². The number of aliphatic hydroxyl groups excluding tert-OH is 1. The minimum absolute atomic E-state index is 0.0313. The van der Waals surface area contributed by atoms with E-state index in [0.717, 1.165) is 0 Å². The molecule has 6 aromatic rings. The molecule has 29 heteroatoms. The Balaban J connectivity index is 1.18. The van der Waals surface area contributed by atoms with Crippen molar-refractivity contribution in [3.63, 3.8) is 0 Å². The van der Waals surface area contributed by atoms with Gasteiger partial charge in [-0.3, -0.25) is 32.2 Å². The van der Waals surface area contributed by atoms with Crippen molar-refractivity contribution in [2.75, 3.05) is 25.1 Å². The third-order valence-electron chi connectivity index (χ3n) is 13.8. The number of imidazole rings is 3. The average molecular weight is 1100 g/mol. The van der Waals surface area contributed by atoms with Crippen LogP contribution in [0.2, 0.25) is 36.3 Å². The Morgan fingerprint density at radius 1 is 0.904 bits per heavy atom. The normalized spacial score (nSPS) is 24.3. The van der Waals surface area contributed by atoms with Crippen LogP contribution in [0.3, 0.4) is 0 Å². The smallest absolute Gasteiger partial charge is 0.327 e. The molecule has 0 aliphatic carbocycles. The third kappa shape index (κ3) is 11.3. The zero-order valence-corrected chi connectivity index (χ0v) is 46.7. The topological polar surface area (TPSA) is 296 Å². The molecule has 24 nitrogen and oxygen atoms in total. The number of rotatable bonds is 19. The fraction of sp³-hybridized carbons (Fsp3) is 0.545. The van der Waals surface area contributed by atoms with Gasteiger partial charge in [0.2, 0.25) is 5.78 Å². The van der Waals surface area contributed by atoms with Crippen LogP contribution in [-0.4, -0.2) is 132 Å². The number of nitrogens with one attached hydrogen (secondary N) is 2. The number of aliphatic hydroxyl groups is 1. The van der Waals surface area contributed by atoms with E-state index < -0.39 is 105 Å². The lowest BCUT2D eigenvalue weighted by atomic mass is 10.1. The van der Waals surface area contributed by atoms with Gasteiger partial charge in [0, 0.05) is 18.0 Å². The molecule has 2 unspecified atom stereocenters. The van der Waals surface area contributed by atoms with Crippen LogP contribution in [0, 0.1) is 11.3 Å². The van der Waals surface area contributed by atoms with E-state index in [0.29, 0.717) is 5.56 Å². The summed E-state index contributed by atoms with van der Waals surface area (Å²) in [6, 6.07) is 10.6. The molecular weight excluding hydrogens is 1040 g/mol. The Morgan fingerprint density at radius 3 is 2.18 bits per heavy atom. The first-order valence-corrected chi connectivity index (χ1v) is 33.1. The quantitative estimate of drug-likeness (QED) is 0.0390. The van der Waals surface area contributed by atoms with Gasteiger partial charge in [-0.05, 0) is 60.2 Å². The van der Waals surface area contributed by atoms with E-state index in [1.54, 1.807) is 41.1 Å². The van der Waals surface area contributed by atoms with Gasteiger partial charge in [-0.2, -0.15) is 10.2 Å². The SMILES string of the molecule is CC(C)(C)[Si](C)(C)O[C@@H]1[C@H](O[PH](=O)O)[C@@H](COP(=S)(OCCC#N)O[C@@H]2[C@H](O[Si](C)(C)C(C)(C)C)[C@@H](CO)O[C@H]2n2cnc3c(NC(=O)c4ccccc4)ncnc32)O[C@H]1n1cnc2c(=O)n3cc[nH]c3nc21. The second-order valence-electron chi connectivity index (χ2n) is 20.7. The summed E-state index contributed by atoms with van der Waals surface area (Å²) in [5.74, 6) is -0.0757. The number of fused-ring (bicyclic) bond motifs is 3. The number of H-pyrrole nitrogens is 1. The summed E-state index contributed by atoms with van der Waals surface area (Å²) in [7, 11) is -9.20. The summed E-state index contributed by atoms with van der Waals surface area (Å²) >= 11 is 6.22. The molecule has 2 fully saturated rings. The standard InChI is InChI=1S/C44H61N11O13P2SSi2/c1-43(2,3)72(7,8)67-32-27(21-56)63-40(54-24-49-29-35(47-23-48-36(29)54)51-38(57)26-15-12-11-13-16-26)33(32)66-70(71,61-20-14-17-45)62-22-28-31(65-69(59)60)34(68-73(9,10)44(4,5)6)41(64-28)55-25-50-30-37(55)52-42-46-18-19-53(42)39(30)58/h11-13,15-16,18-19,23-25,27-28,31-34,40-41,56,69H,14,20-22H2,1-10H3,(H,46,52)(H,59,60)(H,47,48,51,57)/t27-,28-,31-,32-,33-,34-,40-,41-,70?/m1/s1. The highest BCUT2D eigenvalue weighted by Gasteiger charge is 2.56. The van der Waals surface area contributed by atoms with Crippen LogP contribution in [0.15, 0.2) is 66.5 Å². The first-order chi connectivity index (χ1) is 34.4. The van der Waals surface area contributed by atoms with Crippen molar-refractivity contribution in [3.8, 4) is 6.07 Å². The molecule has 2 aliphatic rings. The van der Waals surface area contributed by atoms with Gasteiger partial charge >= 0.3 is 15.0 Å². The summed E-state index contributed by atoms with van der Waals surface area (Å²) in [5.41, 5.74) is 0.560. The minimum atomic E-state index is -4.13. The van der Waals surface area contributed by atoms with Crippen LogP contribution in [0.25, 0.3) is 28.1 Å². The Hall–Kier alpha value is -4.47. The maximum atomic E-state index is 13.5. The first kappa shape index (κ1) is 54.8. The van der Waals surface area contributed by atoms with Gasteiger partial charge in [0.05, 0.1) is 45.0 Å². The second kappa shape index (κ2) is 21.3. The lowest BCUT2D eigenvalue weighted by Crippen LogP contribution is -2.50. The van der Waals surface area contributed by atoms with Gasteiger partial charge in [0.1, 0.15) is 43.0 Å². The van der Waals surface area contributed by atoms with Gasteiger partial charge in [0.25, 0.3) is 11.5 Å². The molecule has 10 atom stereocenters. The number of anilines is 1. The second-order valence-corrected chi connectivity index (χ2v) is 33.9. The predicted molar refractivity (Wildman–Crippen MR) is 275 cm³/mol. The van der Waals surface area contributed by atoms with Gasteiger partial charge in [-0.1, -0.05) is 59.7 Å². The average Bonchev–Trinajstić information content (AvgIpc) is 4.17. The van der Waals surface area contributed by atoms with Gasteiger partial charge < -0.3 is 52.2 Å². The molecule has 0 saturated carbocycles. The van der Waals surface area contributed by atoms with Crippen molar-refractivity contribution in [3.05, 3.63) is 77.6 Å². The van der Waals surface area contributed by atoms with Crippen molar-refractivity contribution in [2.45, 2.75) is 133 Å². The molecular formula is C44H61N11O13P2SSi2. The molecule has 0 spiro atoms. The number of carbonyl (C=O) groups excluding carboxylic acids is 1. The van der Waals surface area contributed by atoms with Gasteiger partial charge in [-0.15, -0.1) is 0 Å². The fourth-order valence-electron chi connectivity index (χ4n) is 7.93. The number of nitriles is 1. The number of aromatic amines is 1. The van der Waals surface area contributed by atoms with Crippen LogP contribution >= 0.6 is 15.0 Å². The van der Waals surface area contributed by atoms with Crippen LogP contribution in [-0.2, 0) is 52.8 Å². The summed E-state index contributed by atoms with van der Waals surface area (Å²) in [5, 5.41) is 22.7. The molecule has 7 heterocycles. The number of nitrogens with zero attached hydrogens (tertiary/aromatic N) is 9. The first-order valence-electron chi connectivity index (χ1n) is 23.4. The van der Waals surface area contributed by atoms with E-state index in [1.165, 1.54) is 34.1 Å². The maximum Gasteiger partial charge on any atom is 0.327 e. The van der Waals surface area contributed by atoms with Gasteiger partial charge in [-0.25, -0.2) is 19.9 Å². The van der Waals surface area contributed by atoms with Crippen LogP contribution in [0.1, 0.15) is 70.8 Å². The monoisotopic (exact) mass is 1100 g/mol. The lowest BCUT2D eigenvalue weighted by molar-refractivity contribution is -0.0575. The van der Waals surface area contributed by atoms with Crippen LogP contribution < -0.4 is 10.9 Å². The minimum Gasteiger partial charge on any atom is -0.408 e. The van der Waals surface area contributed by atoms with Crippen molar-refractivity contribution in [1.29, 1.82) is 5.26 Å².